The fourth-order valence-corrected chi connectivity index (χ4v) is 0.620. The van der Waals surface area contributed by atoms with Crippen LogP contribution in [-0.4, -0.2) is 15.0 Å². The first kappa shape index (κ1) is 9.46. The van der Waals surface area contributed by atoms with Gasteiger partial charge in [0.2, 0.25) is 0 Å². The Balaban J connectivity index is 0.000000810. The average molecular weight is 181 g/mol. The first-order chi connectivity index (χ1) is 4.20. The summed E-state index contributed by atoms with van der Waals surface area (Å²) in [6.07, 6.45) is 2.99. The Kier molecular flexibility index (Phi) is 3.39. The molecule has 0 saturated carbocycles. The molecule has 0 fully saturated rings. The Hall–Kier alpha value is -0.540. The van der Waals surface area contributed by atoms with Crippen LogP contribution in [0.1, 0.15) is 10.4 Å². The monoisotopic (exact) mass is 180 g/mol. The lowest BCUT2D eigenvalue weighted by Crippen LogP contribution is -1.86. The van der Waals surface area contributed by atoms with Gasteiger partial charge >= 0.3 is 0 Å². The fraction of sp³-hybridized carbons (Fsp3) is 0.200. The topological polar surface area (TPSA) is 34.9 Å². The summed E-state index contributed by atoms with van der Waals surface area (Å²) in [6.45, 7) is 0. The summed E-state index contributed by atoms with van der Waals surface area (Å²) in [6, 6.07) is 0. The van der Waals surface area contributed by atoms with Crippen molar-refractivity contribution in [1.82, 2.24) is 9.78 Å². The molecule has 1 aromatic heterocycles. The SMILES string of the molecule is Cl.Cn1cc(C(=O)Cl)cn1. The van der Waals surface area contributed by atoms with Crippen LogP contribution in [0.5, 0.6) is 0 Å². The number of aromatic nitrogens is 2. The molecule has 0 saturated heterocycles. The molecular weight excluding hydrogens is 175 g/mol. The molecule has 0 N–H and O–H groups in total. The van der Waals surface area contributed by atoms with Crippen LogP contribution in [0.2, 0.25) is 0 Å². The minimum absolute atomic E-state index is 0. The highest BCUT2D eigenvalue weighted by Gasteiger charge is 2.01. The first-order valence-corrected chi connectivity index (χ1v) is 2.76. The molecule has 56 valence electrons. The molecule has 0 amide bonds. The maximum absolute atomic E-state index is 10.4. The zero-order chi connectivity index (χ0) is 6.85. The van der Waals surface area contributed by atoms with Gasteiger partial charge in [-0.1, -0.05) is 0 Å². The Morgan fingerprint density at radius 2 is 2.40 bits per heavy atom. The lowest BCUT2D eigenvalue weighted by atomic mass is 10.4. The van der Waals surface area contributed by atoms with E-state index in [0.29, 0.717) is 5.56 Å². The molecule has 0 aliphatic rings. The molecule has 0 aromatic carbocycles. The van der Waals surface area contributed by atoms with Crippen LogP contribution >= 0.6 is 24.0 Å². The second-order valence-electron chi connectivity index (χ2n) is 1.68. The Morgan fingerprint density at radius 1 is 1.80 bits per heavy atom. The first-order valence-electron chi connectivity index (χ1n) is 2.38. The highest BCUT2D eigenvalue weighted by Crippen LogP contribution is 1.99. The third-order valence-corrected chi connectivity index (χ3v) is 1.15. The van der Waals surface area contributed by atoms with Crippen molar-refractivity contribution in [1.29, 1.82) is 0 Å². The molecule has 10 heavy (non-hydrogen) atoms. The van der Waals surface area contributed by atoms with E-state index in [2.05, 4.69) is 5.10 Å². The van der Waals surface area contributed by atoms with Crippen LogP contribution in [0.3, 0.4) is 0 Å². The quantitative estimate of drug-likeness (QED) is 0.610. The highest BCUT2D eigenvalue weighted by molar-refractivity contribution is 6.67. The number of hydrogen-bond acceptors (Lipinski definition) is 2. The molecule has 1 aromatic rings. The standard InChI is InChI=1S/C5H5ClN2O.ClH/c1-8-3-4(2-7-8)5(6)9;/h2-3H,1H3;1H. The molecule has 0 aliphatic heterocycles. The minimum Gasteiger partial charge on any atom is -0.275 e. The predicted molar refractivity (Wildman–Crippen MR) is 40.6 cm³/mol. The van der Waals surface area contributed by atoms with Gasteiger partial charge < -0.3 is 0 Å². The van der Waals surface area contributed by atoms with E-state index in [0.717, 1.165) is 0 Å². The number of rotatable bonds is 1. The van der Waals surface area contributed by atoms with Crippen LogP contribution in [-0.2, 0) is 7.05 Å². The minimum atomic E-state index is -0.469. The van der Waals surface area contributed by atoms with Crippen LogP contribution in [0, 0.1) is 0 Å². The van der Waals surface area contributed by atoms with E-state index in [1.165, 1.54) is 10.9 Å². The van der Waals surface area contributed by atoms with Crippen molar-refractivity contribution < 1.29 is 4.79 Å². The molecule has 0 radical (unpaired) electrons. The summed E-state index contributed by atoms with van der Waals surface area (Å²) in [4.78, 5) is 10.4. The van der Waals surface area contributed by atoms with Gasteiger partial charge in [-0.3, -0.25) is 9.48 Å². The fourth-order valence-electron chi connectivity index (χ4n) is 0.523. The van der Waals surface area contributed by atoms with Gasteiger partial charge in [-0.2, -0.15) is 5.10 Å². The predicted octanol–water partition coefficient (Wildman–Crippen LogP) is 1.22. The van der Waals surface area contributed by atoms with Crippen LogP contribution in [0.15, 0.2) is 12.4 Å². The lowest BCUT2D eigenvalue weighted by molar-refractivity contribution is 0.108. The number of carbonyl (C=O) groups excluding carboxylic acids is 1. The Labute approximate surface area is 69.4 Å². The summed E-state index contributed by atoms with van der Waals surface area (Å²) in [5.41, 5.74) is 0.430. The van der Waals surface area contributed by atoms with Gasteiger partial charge in [0, 0.05) is 13.2 Å². The maximum atomic E-state index is 10.4. The lowest BCUT2D eigenvalue weighted by Gasteiger charge is -1.80. The van der Waals surface area contributed by atoms with Crippen molar-refractivity contribution in [3.63, 3.8) is 0 Å². The normalized spacial score (nSPS) is 8.60. The Bertz CT molecular complexity index is 233. The number of hydrogen-bond donors (Lipinski definition) is 0. The second kappa shape index (κ2) is 3.58. The number of aryl methyl sites for hydroxylation is 1. The second-order valence-corrected chi connectivity index (χ2v) is 2.02. The van der Waals surface area contributed by atoms with Gasteiger partial charge in [0.15, 0.2) is 0 Å². The summed E-state index contributed by atoms with van der Waals surface area (Å²) in [7, 11) is 1.73. The van der Waals surface area contributed by atoms with Crippen LogP contribution < -0.4 is 0 Å². The Morgan fingerprint density at radius 3 is 2.60 bits per heavy atom. The summed E-state index contributed by atoms with van der Waals surface area (Å²) >= 11 is 5.12. The van der Waals surface area contributed by atoms with E-state index in [1.807, 2.05) is 0 Å². The molecule has 0 spiro atoms. The molecular formula is C5H6Cl2N2O. The maximum Gasteiger partial charge on any atom is 0.255 e. The zero-order valence-corrected chi connectivity index (χ0v) is 6.82. The van der Waals surface area contributed by atoms with E-state index in [1.54, 1.807) is 13.2 Å². The van der Waals surface area contributed by atoms with Crippen molar-refractivity contribution in [2.75, 3.05) is 0 Å². The number of nitrogens with zero attached hydrogens (tertiary/aromatic N) is 2. The highest BCUT2D eigenvalue weighted by atomic mass is 35.5. The summed E-state index contributed by atoms with van der Waals surface area (Å²) in [5.74, 6) is 0. The van der Waals surface area contributed by atoms with Crippen molar-refractivity contribution >= 4 is 29.3 Å². The number of halogens is 2. The third kappa shape index (κ3) is 2.01. The molecule has 5 heteroatoms. The molecule has 1 heterocycles. The van der Waals surface area contributed by atoms with Gasteiger partial charge in [-0.05, 0) is 11.6 Å². The molecule has 0 bridgehead atoms. The van der Waals surface area contributed by atoms with E-state index in [4.69, 9.17) is 11.6 Å². The van der Waals surface area contributed by atoms with Crippen LogP contribution in [0.4, 0.5) is 0 Å². The molecule has 0 aliphatic carbocycles. The van der Waals surface area contributed by atoms with E-state index in [9.17, 15) is 4.79 Å². The van der Waals surface area contributed by atoms with Gasteiger partial charge in [-0.25, -0.2) is 0 Å². The van der Waals surface area contributed by atoms with E-state index in [-0.39, 0.29) is 12.4 Å². The van der Waals surface area contributed by atoms with Crippen molar-refractivity contribution in [3.8, 4) is 0 Å². The van der Waals surface area contributed by atoms with Crippen molar-refractivity contribution in [2.24, 2.45) is 7.05 Å². The molecule has 1 rings (SSSR count). The van der Waals surface area contributed by atoms with Gasteiger partial charge in [0.1, 0.15) is 0 Å². The van der Waals surface area contributed by atoms with Crippen molar-refractivity contribution in [3.05, 3.63) is 18.0 Å². The van der Waals surface area contributed by atoms with Gasteiger partial charge in [0.25, 0.3) is 5.24 Å². The van der Waals surface area contributed by atoms with Crippen LogP contribution in [0.25, 0.3) is 0 Å². The smallest absolute Gasteiger partial charge is 0.255 e. The van der Waals surface area contributed by atoms with Gasteiger partial charge in [-0.15, -0.1) is 12.4 Å². The van der Waals surface area contributed by atoms with Gasteiger partial charge in [0.05, 0.1) is 11.8 Å². The average Bonchev–Trinajstić information content (AvgIpc) is 2.14. The molecule has 0 atom stereocenters. The molecule has 3 nitrogen and oxygen atoms in total. The van der Waals surface area contributed by atoms with Crippen molar-refractivity contribution in [2.45, 2.75) is 0 Å². The third-order valence-electron chi connectivity index (χ3n) is 0.932. The van der Waals surface area contributed by atoms with E-state index >= 15 is 0 Å². The largest absolute Gasteiger partial charge is 0.275 e. The van der Waals surface area contributed by atoms with E-state index < -0.39 is 5.24 Å². The number of carbonyl (C=O) groups is 1. The summed E-state index contributed by atoms with van der Waals surface area (Å²) in [5, 5.41) is 3.28. The molecule has 0 unspecified atom stereocenters. The summed E-state index contributed by atoms with van der Waals surface area (Å²) < 4.78 is 1.52. The zero-order valence-electron chi connectivity index (χ0n) is 5.24.